The molecule has 3 rings (SSSR count). The summed E-state index contributed by atoms with van der Waals surface area (Å²) in [4.78, 5) is 28.9. The van der Waals surface area contributed by atoms with Crippen molar-refractivity contribution in [3.63, 3.8) is 0 Å². The number of halogens is 1. The van der Waals surface area contributed by atoms with Crippen molar-refractivity contribution in [2.24, 2.45) is 0 Å². The highest BCUT2D eigenvalue weighted by Gasteiger charge is 2.33. The Morgan fingerprint density at radius 3 is 2.26 bits per heavy atom. The molecule has 0 bridgehead atoms. The van der Waals surface area contributed by atoms with E-state index in [0.717, 1.165) is 33.7 Å². The number of sulfonamides is 1. The third-order valence-corrected chi connectivity index (χ3v) is 7.41. The number of nitrogens with one attached hydrogen (secondary N) is 1. The number of hydrogen-bond donors (Lipinski definition) is 1. The van der Waals surface area contributed by atoms with E-state index in [9.17, 15) is 18.0 Å². The molecule has 202 valence electrons. The summed E-state index contributed by atoms with van der Waals surface area (Å²) >= 11 is 6.22. The van der Waals surface area contributed by atoms with Crippen molar-refractivity contribution >= 4 is 39.1 Å². The average Bonchev–Trinajstić information content (AvgIpc) is 2.87. The standard InChI is InChI=1S/C29H34ClN3O4S/c1-4-16-31-29(35)27(19-23-11-6-5-7-12-23)32(20-24-13-9-14-25(30)18-24)28(34)21-33(38(3,36)37)26-15-8-10-22(2)17-26/h5-15,17-18,27H,4,16,19-21H2,1-3H3,(H,31,35)/t27-/m1/s1. The van der Waals surface area contributed by atoms with Gasteiger partial charge in [0.1, 0.15) is 12.6 Å². The van der Waals surface area contributed by atoms with Gasteiger partial charge in [-0.25, -0.2) is 8.42 Å². The number of anilines is 1. The van der Waals surface area contributed by atoms with E-state index in [0.29, 0.717) is 17.3 Å². The molecule has 0 saturated heterocycles. The van der Waals surface area contributed by atoms with Crippen LogP contribution in [0.15, 0.2) is 78.9 Å². The van der Waals surface area contributed by atoms with Gasteiger partial charge in [-0.05, 0) is 54.3 Å². The second kappa shape index (κ2) is 13.4. The quantitative estimate of drug-likeness (QED) is 0.354. The van der Waals surface area contributed by atoms with Crippen molar-refractivity contribution in [2.75, 3.05) is 23.7 Å². The van der Waals surface area contributed by atoms with E-state index < -0.39 is 28.5 Å². The number of rotatable bonds is 12. The molecule has 3 aromatic carbocycles. The SMILES string of the molecule is CCCNC(=O)[C@@H](Cc1ccccc1)N(Cc1cccc(Cl)c1)C(=O)CN(c1cccc(C)c1)S(C)(=O)=O. The summed E-state index contributed by atoms with van der Waals surface area (Å²) in [7, 11) is -3.80. The van der Waals surface area contributed by atoms with Crippen molar-refractivity contribution < 1.29 is 18.0 Å². The van der Waals surface area contributed by atoms with Gasteiger partial charge in [0.25, 0.3) is 0 Å². The molecule has 38 heavy (non-hydrogen) atoms. The first-order valence-corrected chi connectivity index (χ1v) is 14.7. The zero-order valence-electron chi connectivity index (χ0n) is 21.9. The molecule has 0 aromatic heterocycles. The summed E-state index contributed by atoms with van der Waals surface area (Å²) in [6.45, 7) is 3.90. The molecule has 0 saturated carbocycles. The molecule has 0 aliphatic carbocycles. The van der Waals surface area contributed by atoms with Gasteiger partial charge in [-0.3, -0.25) is 13.9 Å². The highest BCUT2D eigenvalue weighted by Crippen LogP contribution is 2.22. The molecule has 7 nitrogen and oxygen atoms in total. The number of carbonyl (C=O) groups is 2. The number of carbonyl (C=O) groups excluding carboxylic acids is 2. The van der Waals surface area contributed by atoms with Crippen LogP contribution in [-0.4, -0.2) is 50.5 Å². The lowest BCUT2D eigenvalue weighted by Gasteiger charge is -2.33. The van der Waals surface area contributed by atoms with Crippen LogP contribution in [0.2, 0.25) is 5.02 Å². The van der Waals surface area contributed by atoms with Crippen LogP contribution in [0.4, 0.5) is 5.69 Å². The Morgan fingerprint density at radius 2 is 1.63 bits per heavy atom. The van der Waals surface area contributed by atoms with E-state index in [2.05, 4.69) is 5.32 Å². The third kappa shape index (κ3) is 8.33. The Kier molecular flexibility index (Phi) is 10.3. The van der Waals surface area contributed by atoms with Crippen LogP contribution in [-0.2, 0) is 32.6 Å². The van der Waals surface area contributed by atoms with Gasteiger partial charge in [0.05, 0.1) is 11.9 Å². The zero-order valence-corrected chi connectivity index (χ0v) is 23.5. The van der Waals surface area contributed by atoms with Gasteiger partial charge in [-0.2, -0.15) is 0 Å². The molecule has 0 fully saturated rings. The number of aryl methyl sites for hydroxylation is 1. The maximum Gasteiger partial charge on any atom is 0.244 e. The highest BCUT2D eigenvalue weighted by molar-refractivity contribution is 7.92. The van der Waals surface area contributed by atoms with Crippen LogP contribution in [0.25, 0.3) is 0 Å². The van der Waals surface area contributed by atoms with E-state index in [4.69, 9.17) is 11.6 Å². The molecule has 3 aromatic rings. The topological polar surface area (TPSA) is 86.8 Å². The van der Waals surface area contributed by atoms with Gasteiger partial charge >= 0.3 is 0 Å². The number of benzene rings is 3. The summed E-state index contributed by atoms with van der Waals surface area (Å²) in [6.07, 6.45) is 2.08. The van der Waals surface area contributed by atoms with Crippen molar-refractivity contribution in [1.82, 2.24) is 10.2 Å². The monoisotopic (exact) mass is 555 g/mol. The Balaban J connectivity index is 2.04. The summed E-state index contributed by atoms with van der Waals surface area (Å²) in [6, 6.07) is 22.6. The molecular weight excluding hydrogens is 522 g/mol. The fourth-order valence-electron chi connectivity index (χ4n) is 4.15. The van der Waals surface area contributed by atoms with Crippen LogP contribution in [0.3, 0.4) is 0 Å². The summed E-state index contributed by atoms with van der Waals surface area (Å²) in [5.41, 5.74) is 2.86. The predicted molar refractivity (Wildman–Crippen MR) is 153 cm³/mol. The molecule has 0 spiro atoms. The Morgan fingerprint density at radius 1 is 0.947 bits per heavy atom. The lowest BCUT2D eigenvalue weighted by atomic mass is 10.0. The van der Waals surface area contributed by atoms with E-state index >= 15 is 0 Å². The summed E-state index contributed by atoms with van der Waals surface area (Å²) in [5, 5.41) is 3.42. The van der Waals surface area contributed by atoms with Crippen LogP contribution in [0.1, 0.15) is 30.0 Å². The molecule has 0 radical (unpaired) electrons. The summed E-state index contributed by atoms with van der Waals surface area (Å²) in [5.74, 6) is -0.794. The van der Waals surface area contributed by atoms with E-state index in [1.165, 1.54) is 4.90 Å². The Hall–Kier alpha value is -3.36. The van der Waals surface area contributed by atoms with Crippen LogP contribution in [0, 0.1) is 6.92 Å². The van der Waals surface area contributed by atoms with Gasteiger partial charge in [0.15, 0.2) is 0 Å². The van der Waals surface area contributed by atoms with Crippen LogP contribution in [0.5, 0.6) is 0 Å². The average molecular weight is 556 g/mol. The molecular formula is C29H34ClN3O4S. The van der Waals surface area contributed by atoms with Gasteiger partial charge in [-0.15, -0.1) is 0 Å². The molecule has 1 N–H and O–H groups in total. The number of nitrogens with zero attached hydrogens (tertiary/aromatic N) is 2. The fraction of sp³-hybridized carbons (Fsp3) is 0.310. The number of hydrogen-bond acceptors (Lipinski definition) is 4. The minimum Gasteiger partial charge on any atom is -0.354 e. The molecule has 2 amide bonds. The Bertz CT molecular complexity index is 1350. The van der Waals surface area contributed by atoms with Crippen molar-refractivity contribution in [2.45, 2.75) is 39.3 Å². The first-order valence-electron chi connectivity index (χ1n) is 12.5. The Labute approximate surface area is 230 Å². The predicted octanol–water partition coefficient (Wildman–Crippen LogP) is 4.58. The largest absolute Gasteiger partial charge is 0.354 e. The van der Waals surface area contributed by atoms with Crippen molar-refractivity contribution in [1.29, 1.82) is 0 Å². The number of amides is 2. The molecule has 0 aliphatic rings. The fourth-order valence-corrected chi connectivity index (χ4v) is 5.20. The molecule has 9 heteroatoms. The summed E-state index contributed by atoms with van der Waals surface area (Å²) < 4.78 is 26.7. The maximum atomic E-state index is 14.0. The molecule has 0 unspecified atom stereocenters. The highest BCUT2D eigenvalue weighted by atomic mass is 35.5. The minimum absolute atomic E-state index is 0.0852. The smallest absolute Gasteiger partial charge is 0.244 e. The van der Waals surface area contributed by atoms with Crippen molar-refractivity contribution in [3.05, 3.63) is 101 Å². The van der Waals surface area contributed by atoms with Gasteiger partial charge < -0.3 is 10.2 Å². The lowest BCUT2D eigenvalue weighted by molar-refractivity contribution is -0.140. The first kappa shape index (κ1) is 29.2. The van der Waals surface area contributed by atoms with Gasteiger partial charge in [-0.1, -0.05) is 73.1 Å². The second-order valence-electron chi connectivity index (χ2n) is 9.26. The first-order chi connectivity index (χ1) is 18.1. The normalized spacial score (nSPS) is 12.0. The van der Waals surface area contributed by atoms with E-state index in [1.807, 2.05) is 56.3 Å². The minimum atomic E-state index is -3.80. The zero-order chi connectivity index (χ0) is 27.7. The van der Waals surface area contributed by atoms with Crippen molar-refractivity contribution in [3.8, 4) is 0 Å². The van der Waals surface area contributed by atoms with E-state index in [1.54, 1.807) is 36.4 Å². The van der Waals surface area contributed by atoms with Gasteiger partial charge in [0, 0.05) is 24.5 Å². The van der Waals surface area contributed by atoms with Crippen LogP contribution < -0.4 is 9.62 Å². The van der Waals surface area contributed by atoms with Gasteiger partial charge in [0.2, 0.25) is 21.8 Å². The molecule has 0 aliphatic heterocycles. The van der Waals surface area contributed by atoms with Crippen LogP contribution >= 0.6 is 11.6 Å². The van der Waals surface area contributed by atoms with E-state index in [-0.39, 0.29) is 18.9 Å². The molecule has 0 heterocycles. The molecule has 1 atom stereocenters. The second-order valence-corrected chi connectivity index (χ2v) is 11.6. The third-order valence-electron chi connectivity index (χ3n) is 6.03. The lowest BCUT2D eigenvalue weighted by Crippen LogP contribution is -2.53. The maximum absolute atomic E-state index is 14.0.